The molecule has 4 aliphatic rings. The predicted molar refractivity (Wildman–Crippen MR) is 154 cm³/mol. The molecule has 41 heavy (non-hydrogen) atoms. The molecule has 7 nitrogen and oxygen atoms in total. The van der Waals surface area contributed by atoms with Gasteiger partial charge >= 0.3 is 12.1 Å². The lowest BCUT2D eigenvalue weighted by Gasteiger charge is -2.47. The third-order valence-corrected chi connectivity index (χ3v) is 10.1. The van der Waals surface area contributed by atoms with E-state index in [4.69, 9.17) is 18.9 Å². The van der Waals surface area contributed by atoms with Crippen molar-refractivity contribution in [2.75, 3.05) is 13.1 Å². The van der Waals surface area contributed by atoms with Crippen LogP contribution in [0.15, 0.2) is 60.7 Å². The smallest absolute Gasteiger partial charge is 0.459 e. The second-order valence-electron chi connectivity index (χ2n) is 12.5. The topological polar surface area (TPSA) is 71.1 Å². The van der Waals surface area contributed by atoms with Crippen LogP contribution in [-0.4, -0.2) is 60.3 Å². The van der Waals surface area contributed by atoms with E-state index in [9.17, 15) is 9.59 Å². The van der Waals surface area contributed by atoms with Crippen LogP contribution in [0.2, 0.25) is 0 Å². The van der Waals surface area contributed by atoms with E-state index in [1.807, 2.05) is 60.7 Å². The monoisotopic (exact) mass is 562 g/mol. The van der Waals surface area contributed by atoms with Crippen LogP contribution in [0.3, 0.4) is 0 Å². The molecule has 7 heteroatoms. The van der Waals surface area contributed by atoms with Crippen molar-refractivity contribution in [3.8, 4) is 0 Å². The number of benzene rings is 2. The molecule has 1 saturated carbocycles. The van der Waals surface area contributed by atoms with Crippen molar-refractivity contribution in [2.24, 2.45) is 0 Å². The molecule has 2 aromatic rings. The summed E-state index contributed by atoms with van der Waals surface area (Å²) in [6.07, 6.45) is 9.64. The molecule has 2 bridgehead atoms. The van der Waals surface area contributed by atoms with Crippen molar-refractivity contribution in [2.45, 2.75) is 114 Å². The highest BCUT2D eigenvalue weighted by Gasteiger charge is 2.57. The third kappa shape index (κ3) is 5.63. The molecular weight excluding hydrogens is 518 g/mol. The van der Waals surface area contributed by atoms with Gasteiger partial charge in [0.25, 0.3) is 0 Å². The molecule has 3 saturated heterocycles. The maximum Gasteiger partial charge on any atom is 0.510 e. The second-order valence-corrected chi connectivity index (χ2v) is 12.5. The van der Waals surface area contributed by atoms with Gasteiger partial charge in [0, 0.05) is 38.5 Å². The SMILES string of the molecule is CC(OC(=O)OC1CCCCC1)OC(C(=O)OC1CC2CCC(C1)[N+]21CCCC1)(c1ccccc1)c1ccccc1. The van der Waals surface area contributed by atoms with Gasteiger partial charge in [-0.05, 0) is 43.7 Å². The molecule has 6 rings (SSSR count). The molecule has 4 fully saturated rings. The molecule has 1 aliphatic carbocycles. The summed E-state index contributed by atoms with van der Waals surface area (Å²) in [4.78, 5) is 27.2. The van der Waals surface area contributed by atoms with Gasteiger partial charge in [-0.25, -0.2) is 9.59 Å². The lowest BCUT2D eigenvalue weighted by molar-refractivity contribution is -0.956. The quantitative estimate of drug-likeness (QED) is 0.204. The Morgan fingerprint density at radius 3 is 1.85 bits per heavy atom. The minimum Gasteiger partial charge on any atom is -0.459 e. The van der Waals surface area contributed by atoms with E-state index in [2.05, 4.69) is 0 Å². The molecule has 3 heterocycles. The number of hydrogen-bond donors (Lipinski definition) is 0. The van der Waals surface area contributed by atoms with E-state index < -0.39 is 24.0 Å². The molecule has 3 aliphatic heterocycles. The summed E-state index contributed by atoms with van der Waals surface area (Å²) in [5.41, 5.74) is -0.341. The minimum absolute atomic E-state index is 0.135. The van der Waals surface area contributed by atoms with Gasteiger partial charge in [0.15, 0.2) is 0 Å². The fourth-order valence-corrected chi connectivity index (χ4v) is 8.23. The summed E-state index contributed by atoms with van der Waals surface area (Å²) in [6.45, 7) is 4.17. The van der Waals surface area contributed by atoms with Gasteiger partial charge in [-0.1, -0.05) is 67.1 Å². The number of hydrogen-bond acceptors (Lipinski definition) is 6. The average Bonchev–Trinajstić information content (AvgIpc) is 3.53. The van der Waals surface area contributed by atoms with Gasteiger partial charge in [-0.2, -0.15) is 0 Å². The summed E-state index contributed by atoms with van der Waals surface area (Å²) in [7, 11) is 0. The zero-order chi connectivity index (χ0) is 28.3. The Morgan fingerprint density at radius 1 is 0.732 bits per heavy atom. The molecule has 3 atom stereocenters. The molecule has 0 amide bonds. The first kappa shape index (κ1) is 28.2. The molecular formula is C34H44NO6+. The Morgan fingerprint density at radius 2 is 1.29 bits per heavy atom. The number of esters is 1. The highest BCUT2D eigenvalue weighted by molar-refractivity contribution is 5.86. The van der Waals surface area contributed by atoms with E-state index >= 15 is 0 Å². The average molecular weight is 563 g/mol. The van der Waals surface area contributed by atoms with Crippen molar-refractivity contribution in [3.63, 3.8) is 0 Å². The van der Waals surface area contributed by atoms with Gasteiger partial charge in [-0.3, -0.25) is 0 Å². The number of ether oxygens (including phenoxy) is 4. The van der Waals surface area contributed by atoms with Gasteiger partial charge in [0.1, 0.15) is 12.2 Å². The minimum atomic E-state index is -1.61. The number of quaternary nitrogens is 1. The van der Waals surface area contributed by atoms with E-state index in [1.165, 1.54) is 43.3 Å². The lowest BCUT2D eigenvalue weighted by Crippen LogP contribution is -2.60. The Balaban J connectivity index is 1.25. The summed E-state index contributed by atoms with van der Waals surface area (Å²) in [5, 5.41) is 0. The van der Waals surface area contributed by atoms with Crippen LogP contribution in [0.4, 0.5) is 4.79 Å². The maximum atomic E-state index is 14.5. The first-order chi connectivity index (χ1) is 20.0. The number of carbonyl (C=O) groups is 2. The zero-order valence-corrected chi connectivity index (χ0v) is 24.2. The van der Waals surface area contributed by atoms with Gasteiger partial charge < -0.3 is 23.4 Å². The second kappa shape index (κ2) is 12.1. The number of rotatable bonds is 8. The van der Waals surface area contributed by atoms with Crippen LogP contribution in [0.5, 0.6) is 0 Å². The Hall–Kier alpha value is -2.90. The van der Waals surface area contributed by atoms with E-state index in [-0.39, 0.29) is 12.2 Å². The van der Waals surface area contributed by atoms with E-state index in [1.54, 1.807) is 6.92 Å². The summed E-state index contributed by atoms with van der Waals surface area (Å²) < 4.78 is 25.4. The molecule has 2 aromatic carbocycles. The van der Waals surface area contributed by atoms with Crippen molar-refractivity contribution >= 4 is 12.1 Å². The molecule has 1 spiro atoms. The van der Waals surface area contributed by atoms with Crippen LogP contribution in [0.25, 0.3) is 0 Å². The maximum absolute atomic E-state index is 14.5. The predicted octanol–water partition coefficient (Wildman–Crippen LogP) is 6.63. The number of carbonyl (C=O) groups excluding carboxylic acids is 2. The normalized spacial score (nSPS) is 26.4. The van der Waals surface area contributed by atoms with Gasteiger partial charge in [0.2, 0.25) is 11.9 Å². The lowest BCUT2D eigenvalue weighted by atomic mass is 9.85. The summed E-state index contributed by atoms with van der Waals surface area (Å²) >= 11 is 0. The van der Waals surface area contributed by atoms with Crippen LogP contribution in [-0.2, 0) is 29.3 Å². The van der Waals surface area contributed by atoms with E-state index in [0.29, 0.717) is 23.2 Å². The number of piperidine rings is 1. The number of nitrogens with zero attached hydrogens (tertiary/aromatic N) is 1. The Labute approximate surface area is 243 Å². The van der Waals surface area contributed by atoms with Gasteiger partial charge in [0.05, 0.1) is 25.2 Å². The molecule has 0 radical (unpaired) electrons. The molecule has 0 aromatic heterocycles. The van der Waals surface area contributed by atoms with Crippen molar-refractivity contribution < 1.29 is 33.0 Å². The standard InChI is InChI=1S/C34H44NO6/c1-25(38-33(37)40-30-17-9-4-10-18-30)41-34(26-13-5-2-6-14-26,27-15-7-3-8-16-27)32(36)39-31-23-28-19-20-29(24-31)35(28)21-11-12-22-35/h2-3,5-8,13-16,25,28-31H,4,9-12,17-24H2,1H3/q+1. The van der Waals surface area contributed by atoms with Crippen LogP contribution in [0, 0.1) is 0 Å². The van der Waals surface area contributed by atoms with Crippen molar-refractivity contribution in [1.82, 2.24) is 0 Å². The highest BCUT2D eigenvalue weighted by Crippen LogP contribution is 2.47. The molecule has 0 N–H and O–H groups in total. The Kier molecular flexibility index (Phi) is 8.36. The van der Waals surface area contributed by atoms with Crippen LogP contribution in [0.1, 0.15) is 88.7 Å². The fraction of sp³-hybridized carbons (Fsp3) is 0.588. The molecule has 220 valence electrons. The first-order valence-corrected chi connectivity index (χ1v) is 15.7. The van der Waals surface area contributed by atoms with E-state index in [0.717, 1.165) is 44.9 Å². The third-order valence-electron chi connectivity index (χ3n) is 10.1. The summed E-state index contributed by atoms with van der Waals surface area (Å²) in [5.74, 6) is -0.467. The van der Waals surface area contributed by atoms with Crippen molar-refractivity contribution in [1.29, 1.82) is 0 Å². The van der Waals surface area contributed by atoms with Gasteiger partial charge in [-0.15, -0.1) is 0 Å². The zero-order valence-electron chi connectivity index (χ0n) is 24.2. The molecule has 3 unspecified atom stereocenters. The Bertz CT molecular complexity index is 1120. The first-order valence-electron chi connectivity index (χ1n) is 15.7. The largest absolute Gasteiger partial charge is 0.510 e. The fourth-order valence-electron chi connectivity index (χ4n) is 8.23. The highest BCUT2D eigenvalue weighted by atomic mass is 16.8. The van der Waals surface area contributed by atoms with Crippen LogP contribution < -0.4 is 0 Å². The van der Waals surface area contributed by atoms with Crippen molar-refractivity contribution in [3.05, 3.63) is 71.8 Å². The van der Waals surface area contributed by atoms with Crippen LogP contribution >= 0.6 is 0 Å². The summed E-state index contributed by atoms with van der Waals surface area (Å²) in [6, 6.07) is 20.0.